The second-order valence-corrected chi connectivity index (χ2v) is 8.92. The number of carbonyl (C=O) groups is 2. The fourth-order valence-electron chi connectivity index (χ4n) is 3.23. The van der Waals surface area contributed by atoms with Gasteiger partial charge < -0.3 is 15.2 Å². The van der Waals surface area contributed by atoms with Crippen molar-refractivity contribution < 1.29 is 27.5 Å². The first kappa shape index (κ1) is 23.9. The van der Waals surface area contributed by atoms with Crippen LogP contribution in [0.2, 0.25) is 0 Å². The normalized spacial score (nSPS) is 11.1. The highest BCUT2D eigenvalue weighted by Crippen LogP contribution is 2.35. The third-order valence-corrected chi connectivity index (χ3v) is 6.49. The number of esters is 2. The number of pyridine rings is 1. The standard InChI is InChI=1S/C24H24N2O6S/c1-4-31-23(27)18-19(24(28)32-5-2)22(33(29,30)17-13-11-15(3)12-14-17)26-21(20(18)25)16-9-7-6-8-10-16/h6-14H,4-5,25H2,1-3H3. The molecule has 172 valence electrons. The Morgan fingerprint density at radius 1 is 0.879 bits per heavy atom. The Hall–Kier alpha value is -3.72. The summed E-state index contributed by atoms with van der Waals surface area (Å²) in [6.45, 7) is 4.90. The number of sulfone groups is 1. The van der Waals surface area contributed by atoms with Gasteiger partial charge in [-0.15, -0.1) is 0 Å². The maximum Gasteiger partial charge on any atom is 0.342 e. The van der Waals surface area contributed by atoms with Gasteiger partial charge in [0, 0.05) is 5.56 Å². The molecule has 0 aliphatic heterocycles. The average Bonchev–Trinajstić information content (AvgIpc) is 2.79. The van der Waals surface area contributed by atoms with E-state index < -0.39 is 37.9 Å². The van der Waals surface area contributed by atoms with E-state index in [9.17, 15) is 18.0 Å². The van der Waals surface area contributed by atoms with Crippen LogP contribution in [0.5, 0.6) is 0 Å². The molecule has 0 saturated carbocycles. The van der Waals surface area contributed by atoms with Gasteiger partial charge in [0.1, 0.15) is 11.1 Å². The molecular formula is C24H24N2O6S. The summed E-state index contributed by atoms with van der Waals surface area (Å²) in [5.41, 5.74) is 6.53. The zero-order chi connectivity index (χ0) is 24.2. The number of benzene rings is 2. The number of hydrogen-bond donors (Lipinski definition) is 1. The number of nitrogen functional groups attached to an aromatic ring is 1. The summed E-state index contributed by atoms with van der Waals surface area (Å²) < 4.78 is 37.5. The third-order valence-electron chi connectivity index (χ3n) is 4.79. The topological polar surface area (TPSA) is 126 Å². The monoisotopic (exact) mass is 468 g/mol. The van der Waals surface area contributed by atoms with Gasteiger partial charge in [0.2, 0.25) is 9.84 Å². The highest BCUT2D eigenvalue weighted by Gasteiger charge is 2.36. The van der Waals surface area contributed by atoms with E-state index in [-0.39, 0.29) is 29.5 Å². The molecule has 3 rings (SSSR count). The molecule has 9 heteroatoms. The molecule has 0 atom stereocenters. The summed E-state index contributed by atoms with van der Waals surface area (Å²) in [4.78, 5) is 30.0. The van der Waals surface area contributed by atoms with Crippen molar-refractivity contribution in [2.24, 2.45) is 0 Å². The van der Waals surface area contributed by atoms with Crippen LogP contribution in [0.25, 0.3) is 11.3 Å². The van der Waals surface area contributed by atoms with Gasteiger partial charge in [-0.05, 0) is 32.9 Å². The zero-order valence-electron chi connectivity index (χ0n) is 18.5. The maximum atomic E-state index is 13.6. The van der Waals surface area contributed by atoms with Gasteiger partial charge in [-0.25, -0.2) is 23.0 Å². The van der Waals surface area contributed by atoms with Crippen molar-refractivity contribution in [1.82, 2.24) is 4.98 Å². The van der Waals surface area contributed by atoms with E-state index in [2.05, 4.69) is 4.98 Å². The summed E-state index contributed by atoms with van der Waals surface area (Å²) in [5, 5.41) is -0.624. The SMILES string of the molecule is CCOC(=O)c1c(S(=O)(=O)c2ccc(C)cc2)nc(-c2ccccc2)c(N)c1C(=O)OCC. The first-order valence-electron chi connectivity index (χ1n) is 10.3. The molecular weight excluding hydrogens is 444 g/mol. The number of aryl methyl sites for hydroxylation is 1. The number of carbonyl (C=O) groups excluding carboxylic acids is 2. The number of anilines is 1. The van der Waals surface area contributed by atoms with Gasteiger partial charge >= 0.3 is 11.9 Å². The highest BCUT2D eigenvalue weighted by atomic mass is 32.2. The first-order chi connectivity index (χ1) is 15.7. The number of rotatable bonds is 7. The van der Waals surface area contributed by atoms with Crippen LogP contribution < -0.4 is 5.73 Å². The Morgan fingerprint density at radius 2 is 1.42 bits per heavy atom. The van der Waals surface area contributed by atoms with Crippen molar-refractivity contribution in [3.05, 3.63) is 71.3 Å². The van der Waals surface area contributed by atoms with E-state index >= 15 is 0 Å². The summed E-state index contributed by atoms with van der Waals surface area (Å²) in [7, 11) is -4.34. The van der Waals surface area contributed by atoms with E-state index in [1.165, 1.54) is 12.1 Å². The van der Waals surface area contributed by atoms with E-state index in [0.29, 0.717) is 5.56 Å². The van der Waals surface area contributed by atoms with Crippen LogP contribution in [0.4, 0.5) is 5.69 Å². The molecule has 8 nitrogen and oxygen atoms in total. The fourth-order valence-corrected chi connectivity index (χ4v) is 4.61. The lowest BCUT2D eigenvalue weighted by atomic mass is 10.0. The molecule has 2 aromatic carbocycles. The summed E-state index contributed by atoms with van der Waals surface area (Å²) in [5.74, 6) is -1.98. The van der Waals surface area contributed by atoms with E-state index in [0.717, 1.165) is 5.56 Å². The molecule has 3 aromatic rings. The molecule has 0 saturated heterocycles. The number of aromatic nitrogens is 1. The van der Waals surface area contributed by atoms with E-state index in [4.69, 9.17) is 15.2 Å². The van der Waals surface area contributed by atoms with E-state index in [1.54, 1.807) is 56.3 Å². The van der Waals surface area contributed by atoms with Gasteiger partial charge in [0.05, 0.1) is 29.5 Å². The van der Waals surface area contributed by atoms with E-state index in [1.807, 2.05) is 6.92 Å². The Labute approximate surface area is 192 Å². The fraction of sp³-hybridized carbons (Fsp3) is 0.208. The largest absolute Gasteiger partial charge is 0.462 e. The molecule has 0 unspecified atom stereocenters. The number of nitrogens with zero attached hydrogens (tertiary/aromatic N) is 1. The average molecular weight is 469 g/mol. The Morgan fingerprint density at radius 3 is 1.97 bits per heavy atom. The van der Waals surface area contributed by atoms with Crippen LogP contribution in [0.3, 0.4) is 0 Å². The smallest absolute Gasteiger partial charge is 0.342 e. The third kappa shape index (κ3) is 4.73. The van der Waals surface area contributed by atoms with Crippen molar-refractivity contribution in [2.75, 3.05) is 18.9 Å². The second kappa shape index (κ2) is 9.83. The number of hydrogen-bond acceptors (Lipinski definition) is 8. The van der Waals surface area contributed by atoms with Gasteiger partial charge in [0.15, 0.2) is 5.03 Å². The van der Waals surface area contributed by atoms with Crippen molar-refractivity contribution >= 4 is 27.5 Å². The molecule has 0 amide bonds. The van der Waals surface area contributed by atoms with Crippen LogP contribution in [-0.2, 0) is 19.3 Å². The Kier molecular flexibility index (Phi) is 7.13. The van der Waals surface area contributed by atoms with Crippen LogP contribution in [0.1, 0.15) is 40.1 Å². The van der Waals surface area contributed by atoms with Crippen molar-refractivity contribution in [1.29, 1.82) is 0 Å². The molecule has 0 aliphatic rings. The van der Waals surface area contributed by atoms with Crippen LogP contribution in [0.15, 0.2) is 64.5 Å². The molecule has 33 heavy (non-hydrogen) atoms. The summed E-state index contributed by atoms with van der Waals surface area (Å²) in [6.07, 6.45) is 0. The Balaban J connectivity index is 2.45. The molecule has 0 radical (unpaired) electrons. The Bertz CT molecular complexity index is 1290. The molecule has 0 fully saturated rings. The molecule has 0 spiro atoms. The summed E-state index contributed by atoms with van der Waals surface area (Å²) >= 11 is 0. The van der Waals surface area contributed by atoms with Crippen molar-refractivity contribution in [2.45, 2.75) is 30.7 Å². The number of ether oxygens (including phenoxy) is 2. The second-order valence-electron chi connectivity index (χ2n) is 7.05. The molecule has 0 aliphatic carbocycles. The highest BCUT2D eigenvalue weighted by molar-refractivity contribution is 7.91. The molecule has 1 aromatic heterocycles. The lowest BCUT2D eigenvalue weighted by molar-refractivity contribution is 0.0475. The van der Waals surface area contributed by atoms with Gasteiger partial charge in [-0.1, -0.05) is 48.0 Å². The van der Waals surface area contributed by atoms with Gasteiger partial charge in [-0.3, -0.25) is 0 Å². The predicted molar refractivity (Wildman–Crippen MR) is 123 cm³/mol. The molecule has 2 N–H and O–H groups in total. The molecule has 1 heterocycles. The minimum absolute atomic E-state index is 0.0103. The number of nitrogens with two attached hydrogens (primary N) is 1. The molecule has 0 bridgehead atoms. The summed E-state index contributed by atoms with van der Waals surface area (Å²) in [6, 6.07) is 14.6. The minimum atomic E-state index is -4.34. The predicted octanol–water partition coefficient (Wildman–Crippen LogP) is 3.83. The van der Waals surface area contributed by atoms with Gasteiger partial charge in [0.25, 0.3) is 0 Å². The van der Waals surface area contributed by atoms with Crippen LogP contribution >= 0.6 is 0 Å². The minimum Gasteiger partial charge on any atom is -0.462 e. The lowest BCUT2D eigenvalue weighted by Gasteiger charge is -2.18. The lowest BCUT2D eigenvalue weighted by Crippen LogP contribution is -2.23. The van der Waals surface area contributed by atoms with Crippen LogP contribution in [-0.4, -0.2) is 38.6 Å². The quantitative estimate of drug-likeness (QED) is 0.519. The van der Waals surface area contributed by atoms with Crippen molar-refractivity contribution in [3.63, 3.8) is 0 Å². The van der Waals surface area contributed by atoms with Gasteiger partial charge in [-0.2, -0.15) is 0 Å². The van der Waals surface area contributed by atoms with Crippen LogP contribution in [0, 0.1) is 6.92 Å². The maximum absolute atomic E-state index is 13.6. The van der Waals surface area contributed by atoms with Crippen molar-refractivity contribution in [3.8, 4) is 11.3 Å². The zero-order valence-corrected chi connectivity index (χ0v) is 19.3. The first-order valence-corrected chi connectivity index (χ1v) is 11.8.